The molecule has 0 bridgehead atoms. The molecule has 0 atom stereocenters. The highest BCUT2D eigenvalue weighted by molar-refractivity contribution is 5.97. The first-order valence-corrected chi connectivity index (χ1v) is 8.83. The van der Waals surface area contributed by atoms with Gasteiger partial charge in [-0.1, -0.05) is 6.07 Å². The summed E-state index contributed by atoms with van der Waals surface area (Å²) in [4.78, 5) is 39.1. The first-order chi connectivity index (χ1) is 13.0. The minimum absolute atomic E-state index is 0.0983. The van der Waals surface area contributed by atoms with E-state index in [1.54, 1.807) is 46.2 Å². The number of carboxylic acid groups (broad SMARTS) is 1. The largest absolute Gasteiger partial charge is 0.478 e. The van der Waals surface area contributed by atoms with Gasteiger partial charge in [0.05, 0.1) is 5.56 Å². The number of hydrogen-bond acceptors (Lipinski definition) is 3. The third-order valence-electron chi connectivity index (χ3n) is 5.04. The Balaban J connectivity index is 1.51. The second kappa shape index (κ2) is 6.75. The van der Waals surface area contributed by atoms with E-state index in [0.717, 1.165) is 16.8 Å². The van der Waals surface area contributed by atoms with Crippen LogP contribution in [0.5, 0.6) is 0 Å². The Kier molecular flexibility index (Phi) is 4.27. The zero-order chi connectivity index (χ0) is 19.0. The lowest BCUT2D eigenvalue weighted by molar-refractivity contribution is 0.0696. The summed E-state index contributed by atoms with van der Waals surface area (Å²) in [6.45, 7) is 2.21. The number of rotatable bonds is 3. The quantitative estimate of drug-likeness (QED) is 0.872. The number of urea groups is 1. The molecule has 2 aromatic rings. The summed E-state index contributed by atoms with van der Waals surface area (Å²) in [5.74, 6) is -1.07. The van der Waals surface area contributed by atoms with Crippen molar-refractivity contribution in [2.75, 3.05) is 24.5 Å². The fraction of sp³-hybridized carbons (Fsp3) is 0.250. The minimum atomic E-state index is -0.970. The Hall–Kier alpha value is -3.35. The van der Waals surface area contributed by atoms with Gasteiger partial charge in [-0.05, 0) is 53.9 Å². The van der Waals surface area contributed by atoms with Gasteiger partial charge in [-0.3, -0.25) is 9.69 Å². The Morgan fingerprint density at radius 3 is 2.37 bits per heavy atom. The first-order valence-electron chi connectivity index (χ1n) is 8.83. The van der Waals surface area contributed by atoms with Crippen LogP contribution in [-0.2, 0) is 13.0 Å². The van der Waals surface area contributed by atoms with Crippen molar-refractivity contribution in [3.8, 4) is 0 Å². The number of anilines is 1. The molecule has 0 radical (unpaired) electrons. The van der Waals surface area contributed by atoms with Crippen molar-refractivity contribution in [1.82, 2.24) is 10.2 Å². The molecule has 7 nitrogen and oxygen atoms in total. The second-order valence-corrected chi connectivity index (χ2v) is 6.70. The van der Waals surface area contributed by atoms with Gasteiger partial charge < -0.3 is 15.3 Å². The summed E-state index contributed by atoms with van der Waals surface area (Å²) < 4.78 is 0. The number of benzene rings is 2. The molecule has 138 valence electrons. The zero-order valence-electron chi connectivity index (χ0n) is 14.6. The summed E-state index contributed by atoms with van der Waals surface area (Å²) in [5, 5.41) is 11.9. The maximum absolute atomic E-state index is 12.8. The van der Waals surface area contributed by atoms with Crippen LogP contribution in [0.15, 0.2) is 42.5 Å². The van der Waals surface area contributed by atoms with Crippen LogP contribution >= 0.6 is 0 Å². The maximum atomic E-state index is 12.8. The van der Waals surface area contributed by atoms with Crippen LogP contribution in [0, 0.1) is 0 Å². The minimum Gasteiger partial charge on any atom is -0.478 e. The third-order valence-corrected chi connectivity index (χ3v) is 5.04. The van der Waals surface area contributed by atoms with Crippen molar-refractivity contribution in [3.05, 3.63) is 64.7 Å². The van der Waals surface area contributed by atoms with Gasteiger partial charge in [0.2, 0.25) is 0 Å². The van der Waals surface area contributed by atoms with Gasteiger partial charge in [-0.15, -0.1) is 0 Å². The SMILES string of the molecule is O=C(O)c1ccc2c(c1)CN(C(=O)c1ccc(N3CCNC3=O)cc1)CC2. The number of nitrogens with zero attached hydrogens (tertiary/aromatic N) is 2. The highest BCUT2D eigenvalue weighted by Crippen LogP contribution is 2.23. The van der Waals surface area contributed by atoms with Crippen molar-refractivity contribution in [2.24, 2.45) is 0 Å². The Labute approximate surface area is 156 Å². The molecule has 3 amide bonds. The Morgan fingerprint density at radius 2 is 1.70 bits per heavy atom. The van der Waals surface area contributed by atoms with Gasteiger partial charge in [-0.25, -0.2) is 9.59 Å². The van der Waals surface area contributed by atoms with Gasteiger partial charge in [0, 0.05) is 37.4 Å². The van der Waals surface area contributed by atoms with Crippen LogP contribution in [0.25, 0.3) is 0 Å². The van der Waals surface area contributed by atoms with Crippen LogP contribution in [0.2, 0.25) is 0 Å². The summed E-state index contributed by atoms with van der Waals surface area (Å²) >= 11 is 0. The fourth-order valence-electron chi connectivity index (χ4n) is 3.55. The molecule has 0 aliphatic carbocycles. The fourth-order valence-corrected chi connectivity index (χ4v) is 3.55. The summed E-state index contributed by atoms with van der Waals surface area (Å²) in [6.07, 6.45) is 0.701. The van der Waals surface area contributed by atoms with Crippen molar-refractivity contribution in [3.63, 3.8) is 0 Å². The predicted molar refractivity (Wildman–Crippen MR) is 99.0 cm³/mol. The van der Waals surface area contributed by atoms with E-state index >= 15 is 0 Å². The van der Waals surface area contributed by atoms with Gasteiger partial charge in [-0.2, -0.15) is 0 Å². The summed E-state index contributed by atoms with van der Waals surface area (Å²) in [6, 6.07) is 12.0. The van der Waals surface area contributed by atoms with Gasteiger partial charge in [0.25, 0.3) is 5.91 Å². The smallest absolute Gasteiger partial charge is 0.335 e. The molecule has 2 N–H and O–H groups in total. The van der Waals surface area contributed by atoms with Crippen molar-refractivity contribution in [1.29, 1.82) is 0 Å². The van der Waals surface area contributed by atoms with Gasteiger partial charge in [0.15, 0.2) is 0 Å². The molecule has 0 unspecified atom stereocenters. The Bertz CT molecular complexity index is 923. The van der Waals surface area contributed by atoms with Gasteiger partial charge in [0.1, 0.15) is 0 Å². The van der Waals surface area contributed by atoms with Crippen LogP contribution in [0.3, 0.4) is 0 Å². The molecule has 2 aromatic carbocycles. The Morgan fingerprint density at radius 1 is 0.963 bits per heavy atom. The molecule has 1 saturated heterocycles. The number of amides is 3. The monoisotopic (exact) mass is 365 g/mol. The molecule has 2 aliphatic rings. The van der Waals surface area contributed by atoms with Crippen LogP contribution in [0.4, 0.5) is 10.5 Å². The summed E-state index contributed by atoms with van der Waals surface area (Å²) in [5.41, 5.74) is 3.50. The van der Waals surface area contributed by atoms with Crippen molar-refractivity contribution >= 4 is 23.6 Å². The van der Waals surface area contributed by atoms with Crippen LogP contribution in [-0.4, -0.2) is 47.5 Å². The van der Waals surface area contributed by atoms with E-state index in [4.69, 9.17) is 5.11 Å². The number of fused-ring (bicyclic) bond motifs is 1. The van der Waals surface area contributed by atoms with Gasteiger partial charge >= 0.3 is 12.0 Å². The maximum Gasteiger partial charge on any atom is 0.335 e. The zero-order valence-corrected chi connectivity index (χ0v) is 14.6. The molecule has 2 aliphatic heterocycles. The van der Waals surface area contributed by atoms with E-state index in [9.17, 15) is 14.4 Å². The number of carbonyl (C=O) groups is 3. The number of hydrogen-bond donors (Lipinski definition) is 2. The van der Waals surface area contributed by atoms with E-state index in [0.29, 0.717) is 38.2 Å². The van der Waals surface area contributed by atoms with Crippen molar-refractivity contribution in [2.45, 2.75) is 13.0 Å². The number of carboxylic acids is 1. The average Bonchev–Trinajstić information content (AvgIpc) is 3.12. The first kappa shape index (κ1) is 17.1. The lowest BCUT2D eigenvalue weighted by atomic mass is 9.97. The van der Waals surface area contributed by atoms with E-state index in [-0.39, 0.29) is 17.5 Å². The van der Waals surface area contributed by atoms with E-state index in [2.05, 4.69) is 5.32 Å². The number of carbonyl (C=O) groups excluding carboxylic acids is 2. The second-order valence-electron chi connectivity index (χ2n) is 6.70. The van der Waals surface area contributed by atoms with Crippen LogP contribution in [0.1, 0.15) is 31.8 Å². The highest BCUT2D eigenvalue weighted by Gasteiger charge is 2.24. The standard InChI is InChI=1S/C20H19N3O4/c24-18(14-3-5-17(6-4-14)23-10-8-21-20(23)27)22-9-7-13-1-2-15(19(25)26)11-16(13)12-22/h1-6,11H,7-10,12H2,(H,21,27)(H,25,26). The normalized spacial score (nSPS) is 16.1. The topological polar surface area (TPSA) is 89.9 Å². The van der Waals surface area contributed by atoms with E-state index in [1.807, 2.05) is 6.07 Å². The number of nitrogens with one attached hydrogen (secondary N) is 1. The molecule has 27 heavy (non-hydrogen) atoms. The molecule has 2 heterocycles. The predicted octanol–water partition coefficient (Wildman–Crippen LogP) is 2.11. The highest BCUT2D eigenvalue weighted by atomic mass is 16.4. The molecule has 0 aromatic heterocycles. The van der Waals surface area contributed by atoms with E-state index in [1.165, 1.54) is 0 Å². The lowest BCUT2D eigenvalue weighted by Crippen LogP contribution is -2.36. The molecule has 1 fully saturated rings. The average molecular weight is 365 g/mol. The molecule has 7 heteroatoms. The number of aromatic carboxylic acids is 1. The summed E-state index contributed by atoms with van der Waals surface area (Å²) in [7, 11) is 0. The molecular formula is C20H19N3O4. The van der Waals surface area contributed by atoms with Crippen molar-refractivity contribution < 1.29 is 19.5 Å². The molecule has 0 saturated carbocycles. The molecular weight excluding hydrogens is 346 g/mol. The lowest BCUT2D eigenvalue weighted by Gasteiger charge is -2.29. The molecule has 4 rings (SSSR count). The third kappa shape index (κ3) is 3.23. The molecule has 0 spiro atoms. The van der Waals surface area contributed by atoms with E-state index < -0.39 is 5.97 Å². The van der Waals surface area contributed by atoms with Crippen LogP contribution < -0.4 is 10.2 Å².